The van der Waals surface area contributed by atoms with Crippen molar-refractivity contribution in [3.63, 3.8) is 0 Å². The summed E-state index contributed by atoms with van der Waals surface area (Å²) in [5.41, 5.74) is 7.92. The number of hydrogen-bond acceptors (Lipinski definition) is 2. The largest absolute Gasteiger partial charge is 0.386 e. The van der Waals surface area contributed by atoms with Gasteiger partial charge in [0.1, 0.15) is 0 Å². The van der Waals surface area contributed by atoms with Crippen molar-refractivity contribution in [2.24, 2.45) is 5.73 Å². The lowest BCUT2D eigenvalue weighted by atomic mass is 9.86. The smallest absolute Gasteiger partial charge is 0.0930 e. The van der Waals surface area contributed by atoms with Crippen molar-refractivity contribution < 1.29 is 0 Å². The highest BCUT2D eigenvalue weighted by Gasteiger charge is 2.16. The molecule has 0 unspecified atom stereocenters. The molecule has 0 aliphatic heterocycles. The molecule has 0 radical (unpaired) electrons. The highest BCUT2D eigenvalue weighted by molar-refractivity contribution is 5.56. The van der Waals surface area contributed by atoms with Crippen molar-refractivity contribution in [1.82, 2.24) is 0 Å². The molecule has 0 spiro atoms. The van der Waals surface area contributed by atoms with E-state index in [2.05, 4.69) is 38.7 Å². The van der Waals surface area contributed by atoms with Crippen LogP contribution in [-0.4, -0.2) is 0 Å². The number of para-hydroxylation sites is 1. The summed E-state index contributed by atoms with van der Waals surface area (Å²) in [5, 5.41) is 3.06. The molecule has 0 amide bonds. The Morgan fingerprint density at radius 3 is 2.36 bits per heavy atom. The van der Waals surface area contributed by atoms with E-state index in [4.69, 9.17) is 5.73 Å². The summed E-state index contributed by atoms with van der Waals surface area (Å²) in [5.74, 6) is 0.474. The molecule has 0 saturated heterocycles. The second-order valence-corrected chi connectivity index (χ2v) is 4.45. The van der Waals surface area contributed by atoms with Gasteiger partial charge in [0.15, 0.2) is 0 Å². The first-order chi connectivity index (χ1) is 6.41. The maximum Gasteiger partial charge on any atom is 0.0930 e. The van der Waals surface area contributed by atoms with Crippen LogP contribution in [-0.2, 0) is 5.41 Å². The van der Waals surface area contributed by atoms with E-state index >= 15 is 0 Å². The van der Waals surface area contributed by atoms with Crippen LogP contribution in [0, 0.1) is 0 Å². The first-order valence-electron chi connectivity index (χ1n) is 4.72. The van der Waals surface area contributed by atoms with E-state index in [1.165, 1.54) is 5.56 Å². The Kier molecular flexibility index (Phi) is 2.84. The molecule has 0 heterocycles. The minimum atomic E-state index is 0.110. The van der Waals surface area contributed by atoms with E-state index in [1.807, 2.05) is 18.2 Å². The summed E-state index contributed by atoms with van der Waals surface area (Å²) < 4.78 is 0. The molecule has 0 aromatic heterocycles. The number of hydrogen-bond donors (Lipinski definition) is 2. The molecule has 76 valence electrons. The predicted molar refractivity (Wildman–Crippen MR) is 62.1 cm³/mol. The minimum absolute atomic E-state index is 0.110. The minimum Gasteiger partial charge on any atom is -0.386 e. The van der Waals surface area contributed by atoms with Crippen LogP contribution in [0.5, 0.6) is 0 Å². The van der Waals surface area contributed by atoms with E-state index in [0.717, 1.165) is 5.69 Å². The fourth-order valence-corrected chi connectivity index (χ4v) is 1.42. The van der Waals surface area contributed by atoms with E-state index in [-0.39, 0.29) is 5.41 Å². The number of anilines is 1. The Morgan fingerprint density at radius 2 is 1.86 bits per heavy atom. The maximum atomic E-state index is 5.53. The molecule has 1 aromatic rings. The highest BCUT2D eigenvalue weighted by Crippen LogP contribution is 2.29. The van der Waals surface area contributed by atoms with Crippen molar-refractivity contribution in [2.45, 2.75) is 26.2 Å². The van der Waals surface area contributed by atoms with Gasteiger partial charge in [0.2, 0.25) is 0 Å². The maximum absolute atomic E-state index is 5.53. The molecule has 0 fully saturated rings. The fourth-order valence-electron chi connectivity index (χ4n) is 1.42. The van der Waals surface area contributed by atoms with Crippen LogP contribution < -0.4 is 11.1 Å². The quantitative estimate of drug-likeness (QED) is 0.752. The third-order valence-corrected chi connectivity index (χ3v) is 2.03. The first kappa shape index (κ1) is 10.6. The van der Waals surface area contributed by atoms with Gasteiger partial charge >= 0.3 is 0 Å². The van der Waals surface area contributed by atoms with Crippen molar-refractivity contribution >= 4 is 5.69 Å². The van der Waals surface area contributed by atoms with Crippen LogP contribution in [0.25, 0.3) is 0 Å². The molecular weight excluding hydrogens is 172 g/mol. The summed E-state index contributed by atoms with van der Waals surface area (Å²) >= 11 is 0. The Hall–Kier alpha value is -1.44. The van der Waals surface area contributed by atoms with Crippen molar-refractivity contribution in [3.8, 4) is 0 Å². The number of nitrogens with one attached hydrogen (secondary N) is 1. The van der Waals surface area contributed by atoms with Gasteiger partial charge in [-0.25, -0.2) is 0 Å². The normalized spacial score (nSPS) is 11.1. The van der Waals surface area contributed by atoms with Gasteiger partial charge in [0.05, 0.1) is 5.82 Å². The van der Waals surface area contributed by atoms with Crippen LogP contribution in [0.15, 0.2) is 36.7 Å². The Morgan fingerprint density at radius 1 is 1.29 bits per heavy atom. The molecule has 0 aliphatic rings. The van der Waals surface area contributed by atoms with E-state index < -0.39 is 0 Å². The number of rotatable bonds is 2. The summed E-state index contributed by atoms with van der Waals surface area (Å²) in [7, 11) is 0. The fraction of sp³-hybridized carbons (Fsp3) is 0.333. The van der Waals surface area contributed by atoms with Gasteiger partial charge in [-0.05, 0) is 17.0 Å². The van der Waals surface area contributed by atoms with E-state index in [0.29, 0.717) is 5.82 Å². The zero-order valence-corrected chi connectivity index (χ0v) is 9.09. The highest BCUT2D eigenvalue weighted by atomic mass is 15.0. The third kappa shape index (κ3) is 2.52. The summed E-state index contributed by atoms with van der Waals surface area (Å²) in [4.78, 5) is 0. The summed E-state index contributed by atoms with van der Waals surface area (Å²) in [6.07, 6.45) is 0. The second-order valence-electron chi connectivity index (χ2n) is 4.45. The first-order valence-corrected chi connectivity index (χ1v) is 4.72. The molecule has 14 heavy (non-hydrogen) atoms. The molecule has 3 N–H and O–H groups in total. The topological polar surface area (TPSA) is 38.0 Å². The predicted octanol–water partition coefficient (Wildman–Crippen LogP) is 2.83. The van der Waals surface area contributed by atoms with Gasteiger partial charge in [-0.3, -0.25) is 0 Å². The Bertz CT molecular complexity index is 334. The second kappa shape index (κ2) is 3.74. The lowest BCUT2D eigenvalue weighted by Gasteiger charge is -2.23. The van der Waals surface area contributed by atoms with Crippen LogP contribution in [0.2, 0.25) is 0 Å². The van der Waals surface area contributed by atoms with Gasteiger partial charge in [0.25, 0.3) is 0 Å². The third-order valence-electron chi connectivity index (χ3n) is 2.03. The van der Waals surface area contributed by atoms with Crippen LogP contribution in [0.1, 0.15) is 26.3 Å². The van der Waals surface area contributed by atoms with Gasteiger partial charge in [-0.2, -0.15) is 0 Å². The molecule has 1 aromatic carbocycles. The Labute approximate surface area is 85.8 Å². The molecule has 0 saturated carbocycles. The molecule has 0 aliphatic carbocycles. The summed E-state index contributed by atoms with van der Waals surface area (Å²) in [6, 6.07) is 8.13. The lowest BCUT2D eigenvalue weighted by molar-refractivity contribution is 0.592. The Balaban J connectivity index is 3.10. The molecule has 0 atom stereocenters. The van der Waals surface area contributed by atoms with Crippen LogP contribution in [0.4, 0.5) is 5.69 Å². The van der Waals surface area contributed by atoms with E-state index in [9.17, 15) is 0 Å². The molecule has 2 heteroatoms. The molecular formula is C12H18N2. The van der Waals surface area contributed by atoms with Crippen molar-refractivity contribution in [3.05, 3.63) is 42.2 Å². The SMILES string of the molecule is C=C(N)Nc1ccccc1C(C)(C)C. The summed E-state index contributed by atoms with van der Waals surface area (Å²) in [6.45, 7) is 10.2. The standard InChI is InChI=1S/C12H18N2/c1-9(13)14-11-8-6-5-7-10(11)12(2,3)4/h5-8,14H,1,13H2,2-4H3. The van der Waals surface area contributed by atoms with Gasteiger partial charge < -0.3 is 11.1 Å². The molecule has 0 bridgehead atoms. The average molecular weight is 190 g/mol. The zero-order valence-electron chi connectivity index (χ0n) is 9.09. The van der Waals surface area contributed by atoms with Crippen molar-refractivity contribution in [2.75, 3.05) is 5.32 Å². The van der Waals surface area contributed by atoms with Gasteiger partial charge in [0, 0.05) is 5.69 Å². The van der Waals surface area contributed by atoms with Crippen molar-refractivity contribution in [1.29, 1.82) is 0 Å². The molecule has 1 rings (SSSR count). The number of benzene rings is 1. The van der Waals surface area contributed by atoms with Gasteiger partial charge in [-0.15, -0.1) is 0 Å². The van der Waals surface area contributed by atoms with Gasteiger partial charge in [-0.1, -0.05) is 45.5 Å². The zero-order chi connectivity index (χ0) is 10.8. The monoisotopic (exact) mass is 190 g/mol. The number of nitrogens with two attached hydrogens (primary N) is 1. The lowest BCUT2D eigenvalue weighted by Crippen LogP contribution is -2.16. The van der Waals surface area contributed by atoms with E-state index in [1.54, 1.807) is 0 Å². The van der Waals surface area contributed by atoms with Crippen LogP contribution >= 0.6 is 0 Å². The molecule has 2 nitrogen and oxygen atoms in total. The average Bonchev–Trinajstić information content (AvgIpc) is 2.01. The van der Waals surface area contributed by atoms with Crippen LogP contribution in [0.3, 0.4) is 0 Å².